The molecule has 1 aromatic rings. The number of hydroxylamine groups is 1. The van der Waals surface area contributed by atoms with Crippen LogP contribution >= 0.6 is 11.6 Å². The molecule has 10 heteroatoms. The summed E-state index contributed by atoms with van der Waals surface area (Å²) in [7, 11) is -1.67. The molecule has 1 amide bonds. The van der Waals surface area contributed by atoms with Crippen molar-refractivity contribution >= 4 is 33.5 Å². The number of halogens is 1. The van der Waals surface area contributed by atoms with Gasteiger partial charge in [-0.3, -0.25) is 9.63 Å². The number of esters is 1. The van der Waals surface area contributed by atoms with Crippen molar-refractivity contribution in [2.24, 2.45) is 0 Å². The minimum atomic E-state index is -4.03. The quantitative estimate of drug-likeness (QED) is 0.565. The van der Waals surface area contributed by atoms with Crippen molar-refractivity contribution in [1.82, 2.24) is 9.79 Å². The Kier molecular flexibility index (Phi) is 7.15. The van der Waals surface area contributed by atoms with E-state index in [1.54, 1.807) is 13.8 Å². The third-order valence-electron chi connectivity index (χ3n) is 2.82. The first-order valence-corrected chi connectivity index (χ1v) is 8.70. The van der Waals surface area contributed by atoms with Crippen molar-refractivity contribution in [2.45, 2.75) is 24.8 Å². The minimum Gasteiger partial charge on any atom is -0.452 e. The predicted molar refractivity (Wildman–Crippen MR) is 87.0 cm³/mol. The highest BCUT2D eigenvalue weighted by molar-refractivity contribution is 7.89. The summed E-state index contributed by atoms with van der Waals surface area (Å²) < 4.78 is 30.0. The monoisotopic (exact) mass is 378 g/mol. The molecule has 0 atom stereocenters. The smallest absolute Gasteiger partial charge is 0.338 e. The lowest BCUT2D eigenvalue weighted by molar-refractivity contribution is -0.124. The largest absolute Gasteiger partial charge is 0.452 e. The molecular formula is C14H19ClN2O6S. The molecule has 0 aliphatic carbocycles. The maximum atomic E-state index is 12.2. The predicted octanol–water partition coefficient (Wildman–Crippen LogP) is 1.20. The van der Waals surface area contributed by atoms with Gasteiger partial charge in [0.1, 0.15) is 4.90 Å². The molecule has 0 aromatic heterocycles. The standard InChI is InChI=1S/C14H19ClN2O6S/c1-9(2)16-13(18)8-23-14(19)10-5-6-11(15)12(7-10)24(20,21)17(3)22-4/h5-7,9H,8H2,1-4H3,(H,16,18). The van der Waals surface area contributed by atoms with Crippen LogP contribution in [0.25, 0.3) is 0 Å². The second-order valence-corrected chi connectivity index (χ2v) is 7.35. The lowest BCUT2D eigenvalue weighted by atomic mass is 10.2. The Hall–Kier alpha value is -1.68. The molecular weight excluding hydrogens is 360 g/mol. The number of amides is 1. The van der Waals surface area contributed by atoms with Gasteiger partial charge in [-0.05, 0) is 32.0 Å². The van der Waals surface area contributed by atoms with Crippen LogP contribution in [0.2, 0.25) is 5.02 Å². The number of nitrogens with zero attached hydrogens (tertiary/aromatic N) is 1. The average Bonchev–Trinajstić information content (AvgIpc) is 2.51. The van der Waals surface area contributed by atoms with E-state index in [1.807, 2.05) is 0 Å². The van der Waals surface area contributed by atoms with Crippen LogP contribution in [0.5, 0.6) is 0 Å². The Morgan fingerprint density at radius 2 is 1.96 bits per heavy atom. The fourth-order valence-corrected chi connectivity index (χ4v) is 3.12. The van der Waals surface area contributed by atoms with Crippen molar-refractivity contribution < 1.29 is 27.6 Å². The molecule has 0 fully saturated rings. The van der Waals surface area contributed by atoms with Crippen molar-refractivity contribution in [1.29, 1.82) is 0 Å². The Morgan fingerprint density at radius 3 is 2.50 bits per heavy atom. The van der Waals surface area contributed by atoms with Crippen LogP contribution < -0.4 is 5.32 Å². The number of carbonyl (C=O) groups is 2. The number of ether oxygens (including phenoxy) is 1. The van der Waals surface area contributed by atoms with Gasteiger partial charge in [0.15, 0.2) is 6.61 Å². The van der Waals surface area contributed by atoms with Crippen LogP contribution in [0.1, 0.15) is 24.2 Å². The van der Waals surface area contributed by atoms with Crippen molar-refractivity contribution in [3.05, 3.63) is 28.8 Å². The molecule has 0 saturated carbocycles. The van der Waals surface area contributed by atoms with Gasteiger partial charge in [-0.15, -0.1) is 0 Å². The average molecular weight is 379 g/mol. The Balaban J connectivity index is 2.97. The Morgan fingerprint density at radius 1 is 1.33 bits per heavy atom. The van der Waals surface area contributed by atoms with Gasteiger partial charge in [0.25, 0.3) is 15.9 Å². The number of benzene rings is 1. The van der Waals surface area contributed by atoms with Crippen LogP contribution in [0.15, 0.2) is 23.1 Å². The first kappa shape index (κ1) is 20.4. The SMILES string of the molecule is CON(C)S(=O)(=O)c1cc(C(=O)OCC(=O)NC(C)C)ccc1Cl. The third-order valence-corrected chi connectivity index (χ3v) is 4.99. The van der Waals surface area contributed by atoms with Crippen LogP contribution in [-0.4, -0.2) is 51.6 Å². The molecule has 0 spiro atoms. The van der Waals surface area contributed by atoms with Crippen molar-refractivity contribution in [2.75, 3.05) is 20.8 Å². The Labute approximate surface area is 145 Å². The summed E-state index contributed by atoms with van der Waals surface area (Å²) in [6, 6.07) is 3.53. The third kappa shape index (κ3) is 5.17. The molecule has 0 radical (unpaired) electrons. The molecule has 8 nitrogen and oxygen atoms in total. The topological polar surface area (TPSA) is 102 Å². The number of nitrogens with one attached hydrogen (secondary N) is 1. The molecule has 0 aliphatic heterocycles. The number of sulfonamides is 1. The second kappa shape index (κ2) is 8.43. The van der Waals surface area contributed by atoms with Gasteiger partial charge in [0.2, 0.25) is 0 Å². The van der Waals surface area contributed by atoms with Gasteiger partial charge in [0.05, 0.1) is 17.7 Å². The van der Waals surface area contributed by atoms with Crippen LogP contribution in [0.3, 0.4) is 0 Å². The zero-order valence-electron chi connectivity index (χ0n) is 13.7. The summed E-state index contributed by atoms with van der Waals surface area (Å²) in [5.74, 6) is -1.30. The summed E-state index contributed by atoms with van der Waals surface area (Å²) in [4.78, 5) is 27.8. The first-order valence-electron chi connectivity index (χ1n) is 6.88. The summed E-state index contributed by atoms with van der Waals surface area (Å²) >= 11 is 5.89. The van der Waals surface area contributed by atoms with E-state index < -0.39 is 28.5 Å². The molecule has 0 unspecified atom stereocenters. The molecule has 0 heterocycles. The molecule has 0 bridgehead atoms. The number of hydrogen-bond acceptors (Lipinski definition) is 6. The van der Waals surface area contributed by atoms with E-state index >= 15 is 0 Å². The van der Waals surface area contributed by atoms with E-state index in [-0.39, 0.29) is 21.5 Å². The van der Waals surface area contributed by atoms with Gasteiger partial charge >= 0.3 is 5.97 Å². The lowest BCUT2D eigenvalue weighted by Crippen LogP contribution is -2.34. The molecule has 1 N–H and O–H groups in total. The summed E-state index contributed by atoms with van der Waals surface area (Å²) in [5.41, 5.74) is -0.0557. The van der Waals surface area contributed by atoms with E-state index in [0.717, 1.165) is 6.07 Å². The molecule has 0 aliphatic rings. The van der Waals surface area contributed by atoms with Gasteiger partial charge < -0.3 is 10.1 Å². The van der Waals surface area contributed by atoms with Gasteiger partial charge in [-0.2, -0.15) is 0 Å². The first-order chi connectivity index (χ1) is 11.1. The molecule has 24 heavy (non-hydrogen) atoms. The second-order valence-electron chi connectivity index (χ2n) is 5.04. The fourth-order valence-electron chi connectivity index (χ4n) is 1.64. The highest BCUT2D eigenvalue weighted by Crippen LogP contribution is 2.25. The van der Waals surface area contributed by atoms with Gasteiger partial charge in [0, 0.05) is 13.1 Å². The lowest BCUT2D eigenvalue weighted by Gasteiger charge is -2.15. The van der Waals surface area contributed by atoms with E-state index in [4.69, 9.17) is 16.3 Å². The normalized spacial score (nSPS) is 11.6. The molecule has 1 aromatic carbocycles. The number of rotatable bonds is 7. The van der Waals surface area contributed by atoms with E-state index in [2.05, 4.69) is 10.2 Å². The van der Waals surface area contributed by atoms with Crippen LogP contribution in [0.4, 0.5) is 0 Å². The maximum absolute atomic E-state index is 12.2. The van der Waals surface area contributed by atoms with E-state index in [0.29, 0.717) is 4.47 Å². The Bertz CT molecular complexity index is 720. The molecule has 0 saturated heterocycles. The van der Waals surface area contributed by atoms with Crippen molar-refractivity contribution in [3.63, 3.8) is 0 Å². The van der Waals surface area contributed by atoms with Crippen LogP contribution in [0, 0.1) is 0 Å². The summed E-state index contributed by atoms with van der Waals surface area (Å²) in [5, 5.41) is 2.48. The van der Waals surface area contributed by atoms with Crippen molar-refractivity contribution in [3.8, 4) is 0 Å². The van der Waals surface area contributed by atoms with E-state index in [1.165, 1.54) is 26.3 Å². The number of hydrogen-bond donors (Lipinski definition) is 1. The van der Waals surface area contributed by atoms with E-state index in [9.17, 15) is 18.0 Å². The minimum absolute atomic E-state index is 0.0557. The molecule has 134 valence electrons. The summed E-state index contributed by atoms with van der Waals surface area (Å²) in [6.07, 6.45) is 0. The molecule has 1 rings (SSSR count). The highest BCUT2D eigenvalue weighted by atomic mass is 35.5. The highest BCUT2D eigenvalue weighted by Gasteiger charge is 2.25. The maximum Gasteiger partial charge on any atom is 0.338 e. The fraction of sp³-hybridized carbons (Fsp3) is 0.429. The van der Waals surface area contributed by atoms with Gasteiger partial charge in [-0.1, -0.05) is 16.1 Å². The van der Waals surface area contributed by atoms with Gasteiger partial charge in [-0.25, -0.2) is 13.2 Å². The summed E-state index contributed by atoms with van der Waals surface area (Å²) in [6.45, 7) is 3.06. The zero-order chi connectivity index (χ0) is 18.5. The number of carbonyl (C=O) groups excluding carboxylic acids is 2. The zero-order valence-corrected chi connectivity index (χ0v) is 15.3. The van der Waals surface area contributed by atoms with Crippen LogP contribution in [-0.2, 0) is 24.4 Å².